The summed E-state index contributed by atoms with van der Waals surface area (Å²) in [6.07, 6.45) is 5.71. The summed E-state index contributed by atoms with van der Waals surface area (Å²) in [5.41, 5.74) is 3.16. The Bertz CT molecular complexity index is 1000. The summed E-state index contributed by atoms with van der Waals surface area (Å²) in [5.74, 6) is 0.610. The largest absolute Gasteiger partial charge is 0.468 e. The first-order chi connectivity index (χ1) is 14.3. The van der Waals surface area contributed by atoms with E-state index in [1.165, 1.54) is 0 Å². The Hall–Kier alpha value is -3.39. The zero-order valence-corrected chi connectivity index (χ0v) is 15.9. The van der Waals surface area contributed by atoms with Crippen molar-refractivity contribution in [1.82, 2.24) is 20.1 Å². The van der Waals surface area contributed by atoms with Gasteiger partial charge in [-0.1, -0.05) is 18.2 Å². The van der Waals surface area contributed by atoms with E-state index in [4.69, 9.17) is 4.74 Å². The molecule has 0 saturated carbocycles. The third-order valence-electron chi connectivity index (χ3n) is 5.27. The van der Waals surface area contributed by atoms with Gasteiger partial charge in [-0.15, -0.1) is 0 Å². The lowest BCUT2D eigenvalue weighted by molar-refractivity contribution is 0.101. The van der Waals surface area contributed by atoms with Gasteiger partial charge in [0.15, 0.2) is 11.9 Å². The molecule has 1 amide bonds. The molecule has 0 bridgehead atoms. The van der Waals surface area contributed by atoms with Crippen LogP contribution in [0, 0.1) is 0 Å². The predicted molar refractivity (Wildman–Crippen MR) is 109 cm³/mol. The van der Waals surface area contributed by atoms with Crippen LogP contribution in [0.2, 0.25) is 0 Å². The molecule has 1 aromatic carbocycles. The van der Waals surface area contributed by atoms with Gasteiger partial charge in [-0.05, 0) is 23.8 Å². The van der Waals surface area contributed by atoms with Crippen molar-refractivity contribution in [2.45, 2.75) is 12.6 Å². The quantitative estimate of drug-likeness (QED) is 0.710. The van der Waals surface area contributed by atoms with Crippen molar-refractivity contribution in [3.05, 3.63) is 66.2 Å². The Balaban J connectivity index is 1.30. The maximum Gasteiger partial charge on any atom is 0.276 e. The van der Waals surface area contributed by atoms with Gasteiger partial charge in [0.05, 0.1) is 17.6 Å². The van der Waals surface area contributed by atoms with Crippen molar-refractivity contribution >= 4 is 17.3 Å². The van der Waals surface area contributed by atoms with E-state index < -0.39 is 0 Å². The number of amides is 1. The van der Waals surface area contributed by atoms with E-state index in [9.17, 15) is 4.79 Å². The molecule has 1 atom stereocenters. The fourth-order valence-electron chi connectivity index (χ4n) is 3.78. The third kappa shape index (κ3) is 3.54. The smallest absolute Gasteiger partial charge is 0.276 e. The highest BCUT2D eigenvalue weighted by Crippen LogP contribution is 2.33. The van der Waals surface area contributed by atoms with Gasteiger partial charge in [0.2, 0.25) is 0 Å². The molecule has 0 spiro atoms. The normalized spacial score (nSPS) is 18.2. The van der Waals surface area contributed by atoms with Crippen molar-refractivity contribution in [2.24, 2.45) is 0 Å². The van der Waals surface area contributed by atoms with Gasteiger partial charge in [-0.3, -0.25) is 9.78 Å². The first kappa shape index (κ1) is 17.7. The molecule has 5 rings (SSSR count). The summed E-state index contributed by atoms with van der Waals surface area (Å²) in [5, 5.41) is 10.8. The number of rotatable bonds is 4. The van der Waals surface area contributed by atoms with Crippen LogP contribution in [0.5, 0.6) is 5.75 Å². The zero-order chi connectivity index (χ0) is 19.6. The molecular formula is C21H22N6O2. The first-order valence-electron chi connectivity index (χ1n) is 9.79. The third-order valence-corrected chi connectivity index (χ3v) is 5.27. The highest BCUT2D eigenvalue weighted by Gasteiger charge is 2.25. The van der Waals surface area contributed by atoms with E-state index >= 15 is 0 Å². The minimum atomic E-state index is -0.261. The number of piperazine rings is 1. The molecule has 1 fully saturated rings. The van der Waals surface area contributed by atoms with Crippen LogP contribution in [0.25, 0.3) is 0 Å². The van der Waals surface area contributed by atoms with Crippen LogP contribution < -0.4 is 20.3 Å². The second kappa shape index (κ2) is 7.56. The number of benzene rings is 1. The topological polar surface area (TPSA) is 84.3 Å². The van der Waals surface area contributed by atoms with E-state index in [0.717, 1.165) is 49.6 Å². The molecule has 4 heterocycles. The highest BCUT2D eigenvalue weighted by atomic mass is 16.5. The number of nitrogens with zero attached hydrogens (tertiary/aromatic N) is 4. The highest BCUT2D eigenvalue weighted by molar-refractivity contribution is 6.04. The molecule has 8 heteroatoms. The molecule has 1 unspecified atom stereocenters. The van der Waals surface area contributed by atoms with E-state index in [2.05, 4.69) is 25.6 Å². The minimum Gasteiger partial charge on any atom is -0.468 e. The number of hydrogen-bond donors (Lipinski definition) is 2. The Morgan fingerprint density at radius 2 is 2.03 bits per heavy atom. The number of nitrogens with one attached hydrogen (secondary N) is 2. The molecular weight excluding hydrogens is 368 g/mol. The van der Waals surface area contributed by atoms with Crippen LogP contribution in [-0.4, -0.2) is 46.9 Å². The van der Waals surface area contributed by atoms with Crippen LogP contribution in [0.4, 0.5) is 11.4 Å². The molecule has 29 heavy (non-hydrogen) atoms. The van der Waals surface area contributed by atoms with Crippen molar-refractivity contribution in [3.63, 3.8) is 0 Å². The van der Waals surface area contributed by atoms with Gasteiger partial charge in [0, 0.05) is 45.0 Å². The maximum absolute atomic E-state index is 12.8. The summed E-state index contributed by atoms with van der Waals surface area (Å²) in [6.45, 7) is 3.62. The van der Waals surface area contributed by atoms with Gasteiger partial charge < -0.3 is 20.3 Å². The molecule has 0 aliphatic carbocycles. The number of carbonyl (C=O) groups excluding carboxylic acids is 1. The Kier molecular flexibility index (Phi) is 4.61. The van der Waals surface area contributed by atoms with Gasteiger partial charge in [0.1, 0.15) is 5.75 Å². The zero-order valence-electron chi connectivity index (χ0n) is 15.9. The number of hydrogen-bond acceptors (Lipinski definition) is 6. The molecule has 2 aliphatic rings. The lowest BCUT2D eigenvalue weighted by Crippen LogP contribution is -2.43. The van der Waals surface area contributed by atoms with Crippen LogP contribution >= 0.6 is 0 Å². The standard InChI is InChI=1S/C21H22N6O2/c28-21(24-17-14-23-7-5-18(17)26-11-8-22-9-12-26)16-6-10-27(25-16)20-13-15-3-1-2-4-19(15)29-20/h1-7,10,14,20,22H,8-9,11-13H2,(H,24,28). The Labute approximate surface area is 168 Å². The fourth-order valence-corrected chi connectivity index (χ4v) is 3.78. The van der Waals surface area contributed by atoms with Crippen molar-refractivity contribution < 1.29 is 9.53 Å². The number of carbonyl (C=O) groups is 1. The second-order valence-corrected chi connectivity index (χ2v) is 7.15. The van der Waals surface area contributed by atoms with E-state index in [-0.39, 0.29) is 12.1 Å². The summed E-state index contributed by atoms with van der Waals surface area (Å²) >= 11 is 0. The summed E-state index contributed by atoms with van der Waals surface area (Å²) < 4.78 is 7.65. The molecule has 2 aliphatic heterocycles. The number of pyridine rings is 1. The number of para-hydroxylation sites is 1. The van der Waals surface area contributed by atoms with Crippen LogP contribution in [0.15, 0.2) is 55.0 Å². The predicted octanol–water partition coefficient (Wildman–Crippen LogP) is 2.07. The molecule has 3 aromatic rings. The van der Waals surface area contributed by atoms with Crippen LogP contribution in [0.3, 0.4) is 0 Å². The maximum atomic E-state index is 12.8. The van der Waals surface area contributed by atoms with E-state index in [1.54, 1.807) is 29.3 Å². The van der Waals surface area contributed by atoms with E-state index in [1.807, 2.05) is 30.3 Å². The number of anilines is 2. The molecule has 8 nitrogen and oxygen atoms in total. The van der Waals surface area contributed by atoms with E-state index in [0.29, 0.717) is 11.4 Å². The fraction of sp³-hybridized carbons (Fsp3) is 0.286. The minimum absolute atomic E-state index is 0.233. The summed E-state index contributed by atoms with van der Waals surface area (Å²) in [4.78, 5) is 19.2. The Morgan fingerprint density at radius 1 is 1.17 bits per heavy atom. The number of aromatic nitrogens is 3. The van der Waals surface area contributed by atoms with Crippen LogP contribution in [0.1, 0.15) is 22.3 Å². The molecule has 1 saturated heterocycles. The van der Waals surface area contributed by atoms with Crippen molar-refractivity contribution in [1.29, 1.82) is 0 Å². The number of ether oxygens (including phenoxy) is 1. The SMILES string of the molecule is O=C(Nc1cnccc1N1CCNCC1)c1ccn(C2Cc3ccccc3O2)n1. The van der Waals surface area contributed by atoms with Gasteiger partial charge in [-0.2, -0.15) is 5.10 Å². The lowest BCUT2D eigenvalue weighted by Gasteiger charge is -2.30. The van der Waals surface area contributed by atoms with Gasteiger partial charge in [0.25, 0.3) is 5.91 Å². The average molecular weight is 390 g/mol. The Morgan fingerprint density at radius 3 is 2.90 bits per heavy atom. The summed E-state index contributed by atoms with van der Waals surface area (Å²) in [7, 11) is 0. The van der Waals surface area contributed by atoms with Crippen molar-refractivity contribution in [3.8, 4) is 5.75 Å². The van der Waals surface area contributed by atoms with Gasteiger partial charge >= 0.3 is 0 Å². The molecule has 148 valence electrons. The summed E-state index contributed by atoms with van der Waals surface area (Å²) in [6, 6.07) is 11.6. The van der Waals surface area contributed by atoms with Gasteiger partial charge in [-0.25, -0.2) is 4.68 Å². The van der Waals surface area contributed by atoms with Crippen molar-refractivity contribution in [2.75, 3.05) is 36.4 Å². The molecule has 0 radical (unpaired) electrons. The average Bonchev–Trinajstić information content (AvgIpc) is 3.42. The second-order valence-electron chi connectivity index (χ2n) is 7.15. The monoisotopic (exact) mass is 390 g/mol. The van der Waals surface area contributed by atoms with Crippen LogP contribution in [-0.2, 0) is 6.42 Å². The molecule has 2 N–H and O–H groups in total. The molecule has 2 aromatic heterocycles. The lowest BCUT2D eigenvalue weighted by atomic mass is 10.1. The number of fused-ring (bicyclic) bond motifs is 1. The first-order valence-corrected chi connectivity index (χ1v) is 9.79.